The number of ether oxygens (including phenoxy) is 1. The molecule has 0 aromatic rings. The fourth-order valence-corrected chi connectivity index (χ4v) is 9.38. The molecule has 2 atom stereocenters. The van der Waals surface area contributed by atoms with Gasteiger partial charge >= 0.3 is 5.97 Å². The molecule has 0 radical (unpaired) electrons. The minimum absolute atomic E-state index is 0.00754. The van der Waals surface area contributed by atoms with Gasteiger partial charge in [-0.05, 0) is 57.8 Å². The number of aliphatic hydroxyl groups excluding tert-OH is 2. The number of hydrogen-bond acceptors (Lipinski definition) is 5. The van der Waals surface area contributed by atoms with Gasteiger partial charge in [0, 0.05) is 12.8 Å². The number of carbonyl (C=O) groups is 2. The Labute approximate surface area is 418 Å². The van der Waals surface area contributed by atoms with E-state index in [9.17, 15) is 19.8 Å². The molecule has 0 aliphatic rings. The molecule has 0 aromatic carbocycles. The third kappa shape index (κ3) is 53.5. The largest absolute Gasteiger partial charge is 0.466 e. The van der Waals surface area contributed by atoms with Gasteiger partial charge in [-0.2, -0.15) is 0 Å². The van der Waals surface area contributed by atoms with Crippen LogP contribution in [0.25, 0.3) is 0 Å². The summed E-state index contributed by atoms with van der Waals surface area (Å²) in [5.74, 6) is -0.0459. The molecule has 0 spiro atoms. The number of aliphatic hydroxyl groups is 2. The van der Waals surface area contributed by atoms with E-state index in [0.717, 1.165) is 51.4 Å². The Bertz CT molecular complexity index is 1040. The third-order valence-electron chi connectivity index (χ3n) is 14.0. The first-order chi connectivity index (χ1) is 33.0. The monoisotopic (exact) mass is 944 g/mol. The summed E-state index contributed by atoms with van der Waals surface area (Å²) in [4.78, 5) is 24.6. The topological polar surface area (TPSA) is 95.9 Å². The molecular formula is C61H117NO5. The lowest BCUT2D eigenvalue weighted by molar-refractivity contribution is -0.143. The molecule has 6 heteroatoms. The molecule has 0 aromatic heterocycles. The van der Waals surface area contributed by atoms with Gasteiger partial charge in [0.2, 0.25) is 5.91 Å². The quantitative estimate of drug-likeness (QED) is 0.0321. The van der Waals surface area contributed by atoms with Crippen molar-refractivity contribution in [3.8, 4) is 0 Å². The summed E-state index contributed by atoms with van der Waals surface area (Å²) in [6.07, 6.45) is 68.8. The molecule has 0 heterocycles. The van der Waals surface area contributed by atoms with Crippen LogP contribution in [0.3, 0.4) is 0 Å². The van der Waals surface area contributed by atoms with Crippen molar-refractivity contribution in [1.29, 1.82) is 0 Å². The summed E-state index contributed by atoms with van der Waals surface area (Å²) >= 11 is 0. The van der Waals surface area contributed by atoms with Crippen LogP contribution in [0.5, 0.6) is 0 Å². The summed E-state index contributed by atoms with van der Waals surface area (Å²) in [5.41, 5.74) is 0. The Hall–Kier alpha value is -1.66. The first kappa shape index (κ1) is 65.3. The summed E-state index contributed by atoms with van der Waals surface area (Å²) in [7, 11) is 0. The Morgan fingerprint density at radius 3 is 1.15 bits per heavy atom. The van der Waals surface area contributed by atoms with Gasteiger partial charge in [0.25, 0.3) is 0 Å². The normalized spacial score (nSPS) is 12.7. The van der Waals surface area contributed by atoms with Crippen molar-refractivity contribution in [1.82, 2.24) is 5.32 Å². The highest BCUT2D eigenvalue weighted by molar-refractivity contribution is 5.76. The number of hydrogen-bond donors (Lipinski definition) is 3. The van der Waals surface area contributed by atoms with Crippen LogP contribution in [0.1, 0.15) is 328 Å². The highest BCUT2D eigenvalue weighted by Gasteiger charge is 2.20. The third-order valence-corrected chi connectivity index (χ3v) is 14.0. The molecule has 6 nitrogen and oxygen atoms in total. The zero-order valence-electron chi connectivity index (χ0n) is 45.1. The smallest absolute Gasteiger partial charge is 0.305 e. The first-order valence-corrected chi connectivity index (χ1v) is 30.1. The molecule has 1 amide bonds. The van der Waals surface area contributed by atoms with Crippen LogP contribution >= 0.6 is 0 Å². The predicted octanol–water partition coefficient (Wildman–Crippen LogP) is 18.6. The second kappa shape index (κ2) is 56.9. The number of rotatable bonds is 56. The van der Waals surface area contributed by atoms with Crippen LogP contribution in [0.2, 0.25) is 0 Å². The Balaban J connectivity index is 3.42. The molecule has 0 rings (SSSR count). The molecule has 3 N–H and O–H groups in total. The van der Waals surface area contributed by atoms with Gasteiger partial charge in [-0.25, -0.2) is 0 Å². The average molecular weight is 945 g/mol. The van der Waals surface area contributed by atoms with Crippen molar-refractivity contribution in [3.05, 3.63) is 24.3 Å². The molecule has 0 bridgehead atoms. The second-order valence-electron chi connectivity index (χ2n) is 20.7. The standard InChI is InChI=1S/C61H117NO5/c1-3-5-7-9-11-13-15-17-19-22-25-29-33-37-41-45-49-53-59(64)58(57-63)62-60(65)54-50-46-42-38-34-30-26-23-21-24-28-32-36-40-44-48-52-56-67-61(66)55-51-47-43-39-35-31-27-20-18-16-14-12-10-8-6-4-2/h14,16,20,27,58-59,63-64H,3-13,15,17-19,21-26,28-57H2,1-2H3,(H,62,65)/b16-14-,27-20-. The van der Waals surface area contributed by atoms with E-state index in [1.165, 1.54) is 244 Å². The maximum atomic E-state index is 12.5. The molecule has 396 valence electrons. The van der Waals surface area contributed by atoms with Crippen molar-refractivity contribution in [2.45, 2.75) is 341 Å². The van der Waals surface area contributed by atoms with Gasteiger partial charge in [0.1, 0.15) is 0 Å². The van der Waals surface area contributed by atoms with E-state index >= 15 is 0 Å². The van der Waals surface area contributed by atoms with Crippen LogP contribution in [0.4, 0.5) is 0 Å². The molecule has 67 heavy (non-hydrogen) atoms. The number of amides is 1. The molecule has 2 unspecified atom stereocenters. The van der Waals surface area contributed by atoms with Crippen LogP contribution in [-0.4, -0.2) is 47.4 Å². The van der Waals surface area contributed by atoms with Gasteiger partial charge in [0.05, 0.1) is 25.4 Å². The van der Waals surface area contributed by atoms with Gasteiger partial charge in [-0.1, -0.05) is 282 Å². The van der Waals surface area contributed by atoms with Crippen molar-refractivity contribution in [2.24, 2.45) is 0 Å². The van der Waals surface area contributed by atoms with Crippen LogP contribution < -0.4 is 5.32 Å². The van der Waals surface area contributed by atoms with Crippen molar-refractivity contribution >= 4 is 11.9 Å². The minimum atomic E-state index is -0.668. The van der Waals surface area contributed by atoms with Crippen LogP contribution in [-0.2, 0) is 14.3 Å². The van der Waals surface area contributed by atoms with E-state index in [2.05, 4.69) is 43.5 Å². The van der Waals surface area contributed by atoms with Crippen molar-refractivity contribution in [2.75, 3.05) is 13.2 Å². The highest BCUT2D eigenvalue weighted by Crippen LogP contribution is 2.18. The lowest BCUT2D eigenvalue weighted by atomic mass is 10.0. The Morgan fingerprint density at radius 1 is 0.418 bits per heavy atom. The molecule has 0 saturated carbocycles. The zero-order valence-corrected chi connectivity index (χ0v) is 45.1. The van der Waals surface area contributed by atoms with Crippen molar-refractivity contribution in [3.63, 3.8) is 0 Å². The van der Waals surface area contributed by atoms with E-state index in [4.69, 9.17) is 4.74 Å². The Kier molecular flexibility index (Phi) is 55.5. The maximum Gasteiger partial charge on any atom is 0.305 e. The average Bonchev–Trinajstić information content (AvgIpc) is 3.33. The van der Waals surface area contributed by atoms with E-state index in [0.29, 0.717) is 25.9 Å². The predicted molar refractivity (Wildman–Crippen MR) is 292 cm³/mol. The lowest BCUT2D eigenvalue weighted by Gasteiger charge is -2.22. The number of allylic oxidation sites excluding steroid dienone is 4. The van der Waals surface area contributed by atoms with E-state index in [1.54, 1.807) is 0 Å². The van der Waals surface area contributed by atoms with Gasteiger partial charge in [-0.15, -0.1) is 0 Å². The first-order valence-electron chi connectivity index (χ1n) is 30.1. The number of nitrogens with one attached hydrogen (secondary N) is 1. The molecule has 0 fully saturated rings. The molecular weight excluding hydrogens is 827 g/mol. The number of carbonyl (C=O) groups excluding carboxylic acids is 2. The summed E-state index contributed by atoms with van der Waals surface area (Å²) < 4.78 is 5.48. The number of esters is 1. The zero-order chi connectivity index (χ0) is 48.6. The molecule has 0 aliphatic heterocycles. The van der Waals surface area contributed by atoms with E-state index in [-0.39, 0.29) is 18.5 Å². The second-order valence-corrected chi connectivity index (χ2v) is 20.7. The van der Waals surface area contributed by atoms with E-state index < -0.39 is 12.1 Å². The lowest BCUT2D eigenvalue weighted by Crippen LogP contribution is -2.45. The van der Waals surface area contributed by atoms with Crippen LogP contribution in [0, 0.1) is 0 Å². The fraction of sp³-hybridized carbons (Fsp3) is 0.902. The Morgan fingerprint density at radius 2 is 0.746 bits per heavy atom. The summed E-state index contributed by atoms with van der Waals surface area (Å²) in [5, 5.41) is 23.3. The summed E-state index contributed by atoms with van der Waals surface area (Å²) in [6.45, 7) is 4.94. The molecule has 0 aliphatic carbocycles. The van der Waals surface area contributed by atoms with Gasteiger partial charge in [-0.3, -0.25) is 9.59 Å². The fourth-order valence-electron chi connectivity index (χ4n) is 9.38. The minimum Gasteiger partial charge on any atom is -0.466 e. The molecule has 0 saturated heterocycles. The highest BCUT2D eigenvalue weighted by atomic mass is 16.5. The summed E-state index contributed by atoms with van der Waals surface area (Å²) in [6, 6.07) is -0.546. The maximum absolute atomic E-state index is 12.5. The SMILES string of the molecule is CCCCCC/C=C\C/C=C\CCCCCCCC(=O)OCCCCCCCCCCCCCCCCCCCC(=O)NC(CO)C(O)CCCCCCCCCCCCCCCCCCC. The van der Waals surface area contributed by atoms with Gasteiger partial charge < -0.3 is 20.3 Å². The van der Waals surface area contributed by atoms with Crippen molar-refractivity contribution < 1.29 is 24.5 Å². The van der Waals surface area contributed by atoms with Gasteiger partial charge in [0.15, 0.2) is 0 Å². The number of unbranched alkanes of at least 4 members (excludes halogenated alkanes) is 41. The van der Waals surface area contributed by atoms with E-state index in [1.807, 2.05) is 0 Å². The van der Waals surface area contributed by atoms with Crippen LogP contribution in [0.15, 0.2) is 24.3 Å².